The lowest BCUT2D eigenvalue weighted by atomic mass is 10.3. The molecule has 0 unspecified atom stereocenters. The lowest BCUT2D eigenvalue weighted by molar-refractivity contribution is 0.269. The first kappa shape index (κ1) is 14.6. The molecule has 1 saturated heterocycles. The fraction of sp³-hybridized carbons (Fsp3) is 0.467. The third kappa shape index (κ3) is 3.67. The molecular formula is C15H21N7. The lowest BCUT2D eigenvalue weighted by Gasteiger charge is -2.33. The van der Waals surface area contributed by atoms with Crippen molar-refractivity contribution in [3.63, 3.8) is 0 Å². The smallest absolute Gasteiger partial charge is 0.247 e. The molecule has 0 aliphatic carbocycles. The Kier molecular flexibility index (Phi) is 4.75. The van der Waals surface area contributed by atoms with Gasteiger partial charge in [-0.15, -0.1) is 5.10 Å². The van der Waals surface area contributed by atoms with Crippen molar-refractivity contribution in [2.24, 2.45) is 0 Å². The summed E-state index contributed by atoms with van der Waals surface area (Å²) in [7, 11) is 0. The summed E-state index contributed by atoms with van der Waals surface area (Å²) in [6.45, 7) is 7.95. The van der Waals surface area contributed by atoms with Gasteiger partial charge in [-0.25, -0.2) is 0 Å². The van der Waals surface area contributed by atoms with E-state index in [0.717, 1.165) is 44.1 Å². The van der Waals surface area contributed by atoms with Gasteiger partial charge >= 0.3 is 0 Å². The predicted octanol–water partition coefficient (Wildman–Crippen LogP) is 1.02. The SMILES string of the molecule is CCN1CCN(c2nncc(NCc3cccnc3)n2)CC1. The van der Waals surface area contributed by atoms with E-state index in [1.165, 1.54) is 0 Å². The van der Waals surface area contributed by atoms with Gasteiger partial charge in [0, 0.05) is 45.1 Å². The summed E-state index contributed by atoms with van der Waals surface area (Å²) >= 11 is 0. The van der Waals surface area contributed by atoms with Crippen molar-refractivity contribution in [2.45, 2.75) is 13.5 Å². The topological polar surface area (TPSA) is 70.1 Å². The summed E-state index contributed by atoms with van der Waals surface area (Å²) in [5, 5.41) is 11.5. The van der Waals surface area contributed by atoms with Crippen molar-refractivity contribution in [1.29, 1.82) is 0 Å². The quantitative estimate of drug-likeness (QED) is 0.884. The minimum atomic E-state index is 0.676. The zero-order valence-electron chi connectivity index (χ0n) is 12.8. The van der Waals surface area contributed by atoms with Crippen LogP contribution in [0.15, 0.2) is 30.7 Å². The number of rotatable bonds is 5. The van der Waals surface area contributed by atoms with Crippen LogP contribution in [0, 0.1) is 0 Å². The number of pyridine rings is 1. The van der Waals surface area contributed by atoms with Gasteiger partial charge in [-0.3, -0.25) is 4.98 Å². The minimum Gasteiger partial charge on any atom is -0.364 e. The second kappa shape index (κ2) is 7.13. The molecule has 7 nitrogen and oxygen atoms in total. The fourth-order valence-corrected chi connectivity index (χ4v) is 2.47. The van der Waals surface area contributed by atoms with Crippen molar-refractivity contribution in [2.75, 3.05) is 42.9 Å². The zero-order chi connectivity index (χ0) is 15.2. The van der Waals surface area contributed by atoms with Gasteiger partial charge in [0.15, 0.2) is 5.82 Å². The van der Waals surface area contributed by atoms with E-state index in [-0.39, 0.29) is 0 Å². The van der Waals surface area contributed by atoms with Gasteiger partial charge in [0.2, 0.25) is 5.95 Å². The number of hydrogen-bond donors (Lipinski definition) is 1. The van der Waals surface area contributed by atoms with Crippen LogP contribution in [0.4, 0.5) is 11.8 Å². The van der Waals surface area contributed by atoms with Crippen LogP contribution in [-0.4, -0.2) is 57.8 Å². The van der Waals surface area contributed by atoms with Gasteiger partial charge in [0.05, 0.1) is 6.20 Å². The van der Waals surface area contributed by atoms with Crippen LogP contribution >= 0.6 is 0 Å². The second-order valence-corrected chi connectivity index (χ2v) is 5.28. The maximum absolute atomic E-state index is 4.56. The molecule has 0 spiro atoms. The highest BCUT2D eigenvalue weighted by atomic mass is 15.4. The van der Waals surface area contributed by atoms with Crippen molar-refractivity contribution in [3.8, 4) is 0 Å². The Morgan fingerprint density at radius 2 is 2.05 bits per heavy atom. The van der Waals surface area contributed by atoms with Crippen molar-refractivity contribution in [3.05, 3.63) is 36.3 Å². The predicted molar refractivity (Wildman–Crippen MR) is 85.7 cm³/mol. The standard InChI is InChI=1S/C15H21N7/c1-2-21-6-8-22(9-7-21)15-19-14(12-18-20-15)17-11-13-4-3-5-16-10-13/h3-5,10,12H,2,6-9,11H2,1H3,(H,17,19,20). The Morgan fingerprint density at radius 3 is 2.77 bits per heavy atom. The van der Waals surface area contributed by atoms with Crippen LogP contribution in [0.25, 0.3) is 0 Å². The molecule has 1 aliphatic rings. The normalized spacial score (nSPS) is 15.8. The molecule has 7 heteroatoms. The molecule has 2 aromatic heterocycles. The molecule has 22 heavy (non-hydrogen) atoms. The van der Waals surface area contributed by atoms with E-state index in [2.05, 4.69) is 42.2 Å². The summed E-state index contributed by atoms with van der Waals surface area (Å²) < 4.78 is 0. The fourth-order valence-electron chi connectivity index (χ4n) is 2.47. The molecule has 0 radical (unpaired) electrons. The summed E-state index contributed by atoms with van der Waals surface area (Å²) in [4.78, 5) is 13.3. The first-order valence-electron chi connectivity index (χ1n) is 7.65. The zero-order valence-corrected chi connectivity index (χ0v) is 12.8. The van der Waals surface area contributed by atoms with E-state index in [9.17, 15) is 0 Å². The largest absolute Gasteiger partial charge is 0.364 e. The van der Waals surface area contributed by atoms with Crippen LogP contribution in [-0.2, 0) is 6.54 Å². The van der Waals surface area contributed by atoms with Crippen LogP contribution in [0.5, 0.6) is 0 Å². The van der Waals surface area contributed by atoms with E-state index in [4.69, 9.17) is 0 Å². The van der Waals surface area contributed by atoms with E-state index in [1.807, 2.05) is 18.3 Å². The maximum atomic E-state index is 4.56. The Bertz CT molecular complexity index is 581. The Balaban J connectivity index is 1.60. The third-order valence-corrected chi connectivity index (χ3v) is 3.85. The van der Waals surface area contributed by atoms with Gasteiger partial charge in [0.25, 0.3) is 0 Å². The number of hydrogen-bond acceptors (Lipinski definition) is 7. The minimum absolute atomic E-state index is 0.676. The van der Waals surface area contributed by atoms with Crippen molar-refractivity contribution < 1.29 is 0 Å². The molecule has 3 rings (SSSR count). The first-order chi connectivity index (χ1) is 10.8. The van der Waals surface area contributed by atoms with Crippen LogP contribution in [0.1, 0.15) is 12.5 Å². The molecule has 0 atom stereocenters. The average molecular weight is 299 g/mol. The van der Waals surface area contributed by atoms with Crippen LogP contribution < -0.4 is 10.2 Å². The molecule has 1 fully saturated rings. The summed E-state index contributed by atoms with van der Waals surface area (Å²) in [6, 6.07) is 3.95. The Labute approximate surface area is 130 Å². The summed E-state index contributed by atoms with van der Waals surface area (Å²) in [6.07, 6.45) is 5.26. The number of anilines is 2. The van der Waals surface area contributed by atoms with E-state index in [0.29, 0.717) is 12.5 Å². The lowest BCUT2D eigenvalue weighted by Crippen LogP contribution is -2.46. The van der Waals surface area contributed by atoms with E-state index >= 15 is 0 Å². The molecule has 0 bridgehead atoms. The number of nitrogens with one attached hydrogen (secondary N) is 1. The number of piperazine rings is 1. The molecule has 1 N–H and O–H groups in total. The van der Waals surface area contributed by atoms with E-state index in [1.54, 1.807) is 12.4 Å². The highest BCUT2D eigenvalue weighted by molar-refractivity contribution is 5.39. The number of aromatic nitrogens is 4. The molecule has 1 aliphatic heterocycles. The molecule has 2 aromatic rings. The third-order valence-electron chi connectivity index (χ3n) is 3.85. The van der Waals surface area contributed by atoms with Gasteiger partial charge in [-0.05, 0) is 18.2 Å². The Hall–Kier alpha value is -2.28. The first-order valence-corrected chi connectivity index (χ1v) is 7.65. The molecule has 0 saturated carbocycles. The molecule has 0 aromatic carbocycles. The highest BCUT2D eigenvalue weighted by Crippen LogP contribution is 2.12. The maximum Gasteiger partial charge on any atom is 0.247 e. The number of likely N-dealkylation sites (N-methyl/N-ethyl adjacent to an activating group) is 1. The molecule has 3 heterocycles. The molecule has 0 amide bonds. The van der Waals surface area contributed by atoms with Crippen LogP contribution in [0.2, 0.25) is 0 Å². The van der Waals surface area contributed by atoms with E-state index < -0.39 is 0 Å². The summed E-state index contributed by atoms with van der Waals surface area (Å²) in [5.41, 5.74) is 1.11. The highest BCUT2D eigenvalue weighted by Gasteiger charge is 2.18. The van der Waals surface area contributed by atoms with Crippen LogP contribution in [0.3, 0.4) is 0 Å². The van der Waals surface area contributed by atoms with Crippen molar-refractivity contribution in [1.82, 2.24) is 25.1 Å². The Morgan fingerprint density at radius 1 is 1.18 bits per heavy atom. The monoisotopic (exact) mass is 299 g/mol. The van der Waals surface area contributed by atoms with Crippen molar-refractivity contribution >= 4 is 11.8 Å². The average Bonchev–Trinajstić information content (AvgIpc) is 2.61. The van der Waals surface area contributed by atoms with Gasteiger partial charge in [-0.2, -0.15) is 10.1 Å². The second-order valence-electron chi connectivity index (χ2n) is 5.28. The molecule has 116 valence electrons. The summed E-state index contributed by atoms with van der Waals surface area (Å²) in [5.74, 6) is 1.44. The van der Waals surface area contributed by atoms with Gasteiger partial charge < -0.3 is 15.1 Å². The molecular weight excluding hydrogens is 278 g/mol. The number of nitrogens with zero attached hydrogens (tertiary/aromatic N) is 6. The van der Waals surface area contributed by atoms with Gasteiger partial charge in [-0.1, -0.05) is 13.0 Å². The van der Waals surface area contributed by atoms with Gasteiger partial charge in [0.1, 0.15) is 0 Å².